The molecule has 3 heterocycles. The molecule has 0 atom stereocenters. The van der Waals surface area contributed by atoms with E-state index in [1.54, 1.807) is 0 Å². The first-order valence-electron chi connectivity index (χ1n) is 27.1. The van der Waals surface area contributed by atoms with Crippen LogP contribution in [0.25, 0.3) is 0 Å². The van der Waals surface area contributed by atoms with Crippen LogP contribution in [0.2, 0.25) is 0 Å². The predicted molar refractivity (Wildman–Crippen MR) is 308 cm³/mol. The van der Waals surface area contributed by atoms with Crippen LogP contribution in [-0.4, -0.2) is 252 Å². The summed E-state index contributed by atoms with van der Waals surface area (Å²) in [5.41, 5.74) is 0. The van der Waals surface area contributed by atoms with Gasteiger partial charge in [0.1, 0.15) is 0 Å². The summed E-state index contributed by atoms with van der Waals surface area (Å²) in [6, 6.07) is 0. The first-order chi connectivity index (χ1) is 30.3. The lowest BCUT2D eigenvalue weighted by molar-refractivity contribution is -0.904. The van der Waals surface area contributed by atoms with Crippen molar-refractivity contribution in [3.63, 3.8) is 0 Å². The van der Waals surface area contributed by atoms with Crippen LogP contribution in [0, 0.1) is 0 Å². The molecule has 66 heavy (non-hydrogen) atoms. The van der Waals surface area contributed by atoms with Crippen LogP contribution in [0.1, 0.15) is 133 Å². The van der Waals surface area contributed by atoms with Crippen molar-refractivity contribution >= 4 is 0 Å². The molecule has 9 nitrogen and oxygen atoms in total. The van der Waals surface area contributed by atoms with Crippen molar-refractivity contribution < 1.29 is 31.4 Å². The highest BCUT2D eigenvalue weighted by atomic mass is 15.4. The van der Waals surface area contributed by atoms with Crippen molar-refractivity contribution in [3.05, 3.63) is 38.7 Å². The molecule has 404 valence electrons. The van der Waals surface area contributed by atoms with E-state index < -0.39 is 0 Å². The minimum atomic E-state index is 1.00. The minimum absolute atomic E-state index is 1.00. The van der Waals surface area contributed by atoms with Crippen molar-refractivity contribution in [1.82, 2.24) is 9.80 Å². The average molecular weight is 950 g/mol. The summed E-state index contributed by atoms with van der Waals surface area (Å²) in [5.74, 6) is 0. The molecule has 2 saturated heterocycles. The molecule has 0 N–H and O–H groups in total. The molecule has 0 aliphatic carbocycles. The van der Waals surface area contributed by atoms with Gasteiger partial charge in [0, 0.05) is 51.7 Å². The molecule has 0 radical (unpaired) electrons. The van der Waals surface area contributed by atoms with Gasteiger partial charge < -0.3 is 41.2 Å². The fraction of sp³-hybridized carbons (Fsp3) is 0.895. The van der Waals surface area contributed by atoms with Crippen molar-refractivity contribution in [3.8, 4) is 0 Å². The molecule has 3 aliphatic rings. The molecule has 2 fully saturated rings. The Morgan fingerprint density at radius 3 is 0.833 bits per heavy atom. The number of rotatable bonds is 16. The number of hydrogen-bond donors (Lipinski definition) is 0. The number of hydrogen-bond acceptors (Lipinski definition) is 2. The molecule has 1 spiro atoms. The first-order valence-corrected chi connectivity index (χ1v) is 27.1. The maximum Gasteiger partial charge on any atom is 0.0890 e. The standard InChI is InChI=1S/C10H24N.C8H16N.C8H20N.C6H12N2.2C6H16N.C5H14N.C4H12N.2C2H4/c1-5-7-9-11(3,4)10-8-6-2;1-2-6-9(5-1)7-3-4-8-9;1-5-7-9(3,4)8-6-2;1-3-8-5-4-7(2)6-8;2*1-5-7(3,4)6-2;1-5-6(2,3)4;1-5(2,3)4;2*1-2/h5-10H2,1-4H3;1-8H2;5-8H2,1-4H3;4-5H,3,6H2,1-2H3;2*5-6H2,1-4H3;5H2,1-4H3;1-4H3;2*1-2H2/q3*+1;;4*+1;;. The second-order valence-corrected chi connectivity index (χ2v) is 23.7. The lowest BCUT2D eigenvalue weighted by atomic mass is 10.2. The Morgan fingerprint density at radius 2 is 0.682 bits per heavy atom. The van der Waals surface area contributed by atoms with Gasteiger partial charge in [0.25, 0.3) is 0 Å². The van der Waals surface area contributed by atoms with Gasteiger partial charge in [0.2, 0.25) is 0 Å². The average Bonchev–Trinajstić information content (AvgIpc) is 4.04. The summed E-state index contributed by atoms with van der Waals surface area (Å²) in [4.78, 5) is 4.41. The van der Waals surface area contributed by atoms with Crippen molar-refractivity contribution in [2.75, 3.05) is 211 Å². The van der Waals surface area contributed by atoms with Crippen LogP contribution in [0.4, 0.5) is 0 Å². The molecular formula is C57H138N9+7. The van der Waals surface area contributed by atoms with Crippen LogP contribution in [0.3, 0.4) is 0 Å². The molecule has 0 saturated carbocycles. The van der Waals surface area contributed by atoms with Gasteiger partial charge in [-0.2, -0.15) is 0 Å². The van der Waals surface area contributed by atoms with Gasteiger partial charge in [-0.25, -0.2) is 0 Å². The van der Waals surface area contributed by atoms with Gasteiger partial charge in [-0.1, -0.05) is 40.5 Å². The first kappa shape index (κ1) is 78.7. The Kier molecular flexibility index (Phi) is 54.8. The monoisotopic (exact) mass is 949 g/mol. The summed E-state index contributed by atoms with van der Waals surface area (Å²) in [6.45, 7) is 53.8. The fourth-order valence-corrected chi connectivity index (χ4v) is 6.31. The smallest absolute Gasteiger partial charge is 0.0890 e. The molecular weight excluding hydrogens is 811 g/mol. The van der Waals surface area contributed by atoms with Gasteiger partial charge in [0.05, 0.1) is 197 Å². The van der Waals surface area contributed by atoms with Crippen LogP contribution < -0.4 is 0 Å². The van der Waals surface area contributed by atoms with E-state index in [4.69, 9.17) is 0 Å². The minimum Gasteiger partial charge on any atom is -0.362 e. The predicted octanol–water partition coefficient (Wildman–Crippen LogP) is 11.5. The Balaban J connectivity index is -0.000000120. The molecule has 9 heteroatoms. The summed E-state index contributed by atoms with van der Waals surface area (Å²) in [7, 11) is 35.3. The molecule has 3 aliphatic heterocycles. The summed E-state index contributed by atoms with van der Waals surface area (Å²) in [5, 5.41) is 0. The summed E-state index contributed by atoms with van der Waals surface area (Å²) in [6.07, 6.45) is 18.2. The highest BCUT2D eigenvalue weighted by Crippen LogP contribution is 2.26. The maximum atomic E-state index is 3.00. The molecule has 0 aromatic carbocycles. The molecule has 0 unspecified atom stereocenters. The van der Waals surface area contributed by atoms with E-state index >= 15 is 0 Å². The molecule has 0 aromatic heterocycles. The highest BCUT2D eigenvalue weighted by molar-refractivity contribution is 4.87. The highest BCUT2D eigenvalue weighted by Gasteiger charge is 2.34. The van der Waals surface area contributed by atoms with Crippen LogP contribution in [0.15, 0.2) is 38.7 Å². The molecule has 0 aromatic rings. The molecule has 0 amide bonds. The Bertz CT molecular complexity index is 925. The second-order valence-electron chi connectivity index (χ2n) is 23.7. The Labute approximate surface area is 422 Å². The van der Waals surface area contributed by atoms with Crippen molar-refractivity contribution in [2.45, 2.75) is 133 Å². The van der Waals surface area contributed by atoms with Gasteiger partial charge >= 0.3 is 0 Å². The van der Waals surface area contributed by atoms with Crippen molar-refractivity contribution in [1.29, 1.82) is 0 Å². The summed E-state index contributed by atoms with van der Waals surface area (Å²) >= 11 is 0. The lowest BCUT2D eigenvalue weighted by Crippen LogP contribution is -2.41. The lowest BCUT2D eigenvalue weighted by Gasteiger charge is -2.29. The van der Waals surface area contributed by atoms with E-state index in [0.29, 0.717) is 0 Å². The van der Waals surface area contributed by atoms with E-state index in [2.05, 4.69) is 231 Å². The van der Waals surface area contributed by atoms with E-state index in [0.717, 1.165) is 31.1 Å². The van der Waals surface area contributed by atoms with Crippen molar-refractivity contribution in [2.24, 2.45) is 0 Å². The Hall–Kier alpha value is -1.46. The van der Waals surface area contributed by atoms with Gasteiger partial charge in [-0.3, -0.25) is 0 Å². The van der Waals surface area contributed by atoms with E-state index in [9.17, 15) is 0 Å². The third-order valence-corrected chi connectivity index (χ3v) is 12.6. The third kappa shape index (κ3) is 64.6. The van der Waals surface area contributed by atoms with Gasteiger partial charge in [0.15, 0.2) is 0 Å². The number of nitrogens with zero attached hydrogens (tertiary/aromatic N) is 9. The largest absolute Gasteiger partial charge is 0.362 e. The van der Waals surface area contributed by atoms with E-state index in [1.807, 2.05) is 0 Å². The van der Waals surface area contributed by atoms with E-state index in [1.165, 1.54) is 163 Å². The molecule has 0 bridgehead atoms. The number of quaternary nitrogens is 7. The summed E-state index contributed by atoms with van der Waals surface area (Å²) < 4.78 is 8.24. The topological polar surface area (TPSA) is 6.48 Å². The second kappa shape index (κ2) is 46.0. The van der Waals surface area contributed by atoms with Crippen LogP contribution in [-0.2, 0) is 0 Å². The SMILES string of the molecule is C1CC[N+]2(C1)CCCC2.C=C.C=C.CCCC[N+](C)(C)CCCC.CCC[N+](C)(C)CCC.CCN1C=CN(C)C1.CC[N+](C)(C)C.CC[N+](C)(C)CC.CC[N+](C)(C)CC.C[N+](C)(C)C. The quantitative estimate of drug-likeness (QED) is 0.112. The van der Waals surface area contributed by atoms with Gasteiger partial charge in [-0.15, -0.1) is 26.3 Å². The zero-order valence-corrected chi connectivity index (χ0v) is 51.7. The maximum absolute atomic E-state index is 3.00. The zero-order valence-electron chi connectivity index (χ0n) is 51.7. The molecule has 3 rings (SSSR count). The Morgan fingerprint density at radius 1 is 0.409 bits per heavy atom. The normalized spacial score (nSPS) is 14.9. The van der Waals surface area contributed by atoms with Crippen LogP contribution >= 0.6 is 0 Å². The fourth-order valence-electron chi connectivity index (χ4n) is 6.31. The van der Waals surface area contributed by atoms with Crippen LogP contribution in [0.5, 0.6) is 0 Å². The van der Waals surface area contributed by atoms with E-state index in [-0.39, 0.29) is 0 Å². The number of unbranched alkanes of at least 4 members (excludes halogenated alkanes) is 2. The third-order valence-electron chi connectivity index (χ3n) is 12.6. The zero-order chi connectivity index (χ0) is 53.7. The van der Waals surface area contributed by atoms with Gasteiger partial charge in [-0.05, 0) is 67.2 Å².